The van der Waals surface area contributed by atoms with Crippen molar-refractivity contribution in [3.63, 3.8) is 0 Å². The van der Waals surface area contributed by atoms with Crippen LogP contribution >= 0.6 is 0 Å². The largest absolute Gasteiger partial charge is 0.444 e. The molecule has 1 unspecified atom stereocenters. The second-order valence-electron chi connectivity index (χ2n) is 11.4. The molecule has 1 saturated carbocycles. The van der Waals surface area contributed by atoms with Crippen molar-refractivity contribution in [2.24, 2.45) is 5.41 Å². The quantitative estimate of drug-likeness (QED) is 0.478. The van der Waals surface area contributed by atoms with Crippen LogP contribution in [-0.4, -0.2) is 34.4 Å². The number of rotatable bonds is 5. The molecule has 3 rings (SSSR count). The highest BCUT2D eigenvalue weighted by atomic mass is 16.6. The summed E-state index contributed by atoms with van der Waals surface area (Å²) >= 11 is 0. The Labute approximate surface area is 191 Å². The average Bonchev–Trinajstić information content (AvgIpc) is 2.68. The van der Waals surface area contributed by atoms with Crippen LogP contribution in [0.5, 0.6) is 0 Å². The topological polar surface area (TPSA) is 102 Å². The minimum atomic E-state index is -0.662. The first kappa shape index (κ1) is 24.5. The molecule has 1 amide bonds. The first-order valence-corrected chi connectivity index (χ1v) is 11.8. The number of alkyl carbamates (subject to hydrolysis) is 1. The maximum absolute atomic E-state index is 12.1. The van der Waals surface area contributed by atoms with Crippen LogP contribution in [0, 0.1) is 15.5 Å². The van der Waals surface area contributed by atoms with Crippen LogP contribution in [0.1, 0.15) is 89.8 Å². The van der Waals surface area contributed by atoms with E-state index < -0.39 is 17.7 Å². The van der Waals surface area contributed by atoms with Crippen LogP contribution in [0.15, 0.2) is 12.1 Å². The summed E-state index contributed by atoms with van der Waals surface area (Å²) in [5.41, 5.74) is 2.68. The van der Waals surface area contributed by atoms with Crippen LogP contribution in [0.2, 0.25) is 0 Å². The van der Waals surface area contributed by atoms with Gasteiger partial charge in [-0.3, -0.25) is 10.1 Å². The van der Waals surface area contributed by atoms with Gasteiger partial charge in [0.25, 0.3) is 5.69 Å². The Morgan fingerprint density at radius 3 is 2.44 bits per heavy atom. The number of aryl methyl sites for hydroxylation is 1. The number of ether oxygens (including phenoxy) is 1. The summed E-state index contributed by atoms with van der Waals surface area (Å²) in [7, 11) is 0. The van der Waals surface area contributed by atoms with Gasteiger partial charge in [-0.15, -0.1) is 0 Å². The number of hydrogen-bond donors (Lipinski definition) is 2. The van der Waals surface area contributed by atoms with E-state index in [1.54, 1.807) is 26.8 Å². The second kappa shape index (κ2) is 9.00. The maximum atomic E-state index is 12.1. The van der Waals surface area contributed by atoms with E-state index in [-0.39, 0.29) is 29.1 Å². The van der Waals surface area contributed by atoms with Crippen molar-refractivity contribution in [3.05, 3.63) is 38.9 Å². The number of carbonyl (C=O) groups excluding carboxylic acids is 1. The number of nitrogens with zero attached hydrogens (tertiary/aromatic N) is 1. The molecular formula is C25H38N2O5. The molecule has 1 spiro atoms. The Morgan fingerprint density at radius 2 is 1.88 bits per heavy atom. The van der Waals surface area contributed by atoms with E-state index in [2.05, 4.69) is 19.2 Å². The fourth-order valence-electron chi connectivity index (χ4n) is 5.30. The standard InChI is InChI=1S/C25H38N2O5/c1-23(2,3)32-22(29)26-19(16-28)14-18-13-17-7-6-8-25(11-9-24(4,5)10-12-25)20(17)15-21(18)27(30)31/h13,15,19,28H,6-12,14,16H2,1-5H3,(H,26,29). The van der Waals surface area contributed by atoms with Crippen LogP contribution in [-0.2, 0) is 23.0 Å². The maximum Gasteiger partial charge on any atom is 0.407 e. The lowest BCUT2D eigenvalue weighted by Gasteiger charge is -2.47. The summed E-state index contributed by atoms with van der Waals surface area (Å²) in [4.78, 5) is 23.8. The molecule has 1 aromatic rings. The number of nitro benzene ring substituents is 1. The summed E-state index contributed by atoms with van der Waals surface area (Å²) in [6.07, 6.45) is 7.04. The number of nitro groups is 1. The summed E-state index contributed by atoms with van der Waals surface area (Å²) in [6.45, 7) is 9.57. The Bertz CT molecular complexity index is 862. The van der Waals surface area contributed by atoms with Gasteiger partial charge in [0.2, 0.25) is 0 Å². The molecule has 0 aromatic heterocycles. The van der Waals surface area contributed by atoms with Crippen LogP contribution in [0.25, 0.3) is 0 Å². The number of aliphatic hydroxyl groups excluding tert-OH is 1. The molecule has 2 aliphatic rings. The first-order valence-electron chi connectivity index (χ1n) is 11.8. The molecule has 1 atom stereocenters. The lowest BCUT2D eigenvalue weighted by molar-refractivity contribution is -0.385. The van der Waals surface area contributed by atoms with Gasteiger partial charge < -0.3 is 15.2 Å². The number of fused-ring (bicyclic) bond motifs is 2. The van der Waals surface area contributed by atoms with Gasteiger partial charge in [-0.25, -0.2) is 4.79 Å². The van der Waals surface area contributed by atoms with Crippen molar-refractivity contribution < 1.29 is 19.6 Å². The molecule has 2 aliphatic carbocycles. The number of aliphatic hydroxyl groups is 1. The van der Waals surface area contributed by atoms with Crippen molar-refractivity contribution in [3.8, 4) is 0 Å². The van der Waals surface area contributed by atoms with E-state index in [4.69, 9.17) is 4.74 Å². The van der Waals surface area contributed by atoms with Gasteiger partial charge in [-0.2, -0.15) is 0 Å². The number of carbonyl (C=O) groups is 1. The average molecular weight is 447 g/mol. The Kier molecular flexibility index (Phi) is 6.89. The number of hydrogen-bond acceptors (Lipinski definition) is 5. The highest BCUT2D eigenvalue weighted by molar-refractivity contribution is 5.68. The van der Waals surface area contributed by atoms with E-state index in [1.807, 2.05) is 6.07 Å². The summed E-state index contributed by atoms with van der Waals surface area (Å²) in [6, 6.07) is 3.09. The lowest BCUT2D eigenvalue weighted by Crippen LogP contribution is -2.42. The molecule has 1 aromatic carbocycles. The minimum Gasteiger partial charge on any atom is -0.444 e. The first-order chi connectivity index (χ1) is 14.8. The van der Waals surface area contributed by atoms with Gasteiger partial charge in [0.15, 0.2) is 0 Å². The molecule has 0 heterocycles. The Morgan fingerprint density at radius 1 is 1.22 bits per heavy atom. The lowest BCUT2D eigenvalue weighted by atomic mass is 9.58. The number of amides is 1. The van der Waals surface area contributed by atoms with Crippen molar-refractivity contribution in [2.45, 2.75) is 103 Å². The number of nitrogens with one attached hydrogen (secondary N) is 1. The van der Waals surface area contributed by atoms with E-state index >= 15 is 0 Å². The third-order valence-corrected chi connectivity index (χ3v) is 7.14. The van der Waals surface area contributed by atoms with E-state index in [1.165, 1.54) is 5.56 Å². The molecule has 0 bridgehead atoms. The molecule has 7 nitrogen and oxygen atoms in total. The van der Waals surface area contributed by atoms with Gasteiger partial charge in [0.1, 0.15) is 5.60 Å². The van der Waals surface area contributed by atoms with Crippen LogP contribution < -0.4 is 5.32 Å². The third kappa shape index (κ3) is 5.61. The zero-order valence-electron chi connectivity index (χ0n) is 20.1. The predicted octanol–water partition coefficient (Wildman–Crippen LogP) is 5.20. The van der Waals surface area contributed by atoms with Gasteiger partial charge in [-0.05, 0) is 93.7 Å². The van der Waals surface area contributed by atoms with Crippen molar-refractivity contribution in [1.29, 1.82) is 0 Å². The fourth-order valence-corrected chi connectivity index (χ4v) is 5.30. The highest BCUT2D eigenvalue weighted by Gasteiger charge is 2.43. The van der Waals surface area contributed by atoms with Crippen LogP contribution in [0.3, 0.4) is 0 Å². The van der Waals surface area contributed by atoms with Crippen molar-refractivity contribution in [2.75, 3.05) is 6.61 Å². The summed E-state index contributed by atoms with van der Waals surface area (Å²) < 4.78 is 5.27. The molecule has 7 heteroatoms. The van der Waals surface area contributed by atoms with Crippen molar-refractivity contribution in [1.82, 2.24) is 5.32 Å². The molecule has 32 heavy (non-hydrogen) atoms. The monoisotopic (exact) mass is 446 g/mol. The molecule has 0 saturated heterocycles. The summed E-state index contributed by atoms with van der Waals surface area (Å²) in [5, 5.41) is 24.5. The molecule has 0 aliphatic heterocycles. The number of benzene rings is 1. The molecule has 0 radical (unpaired) electrons. The normalized spacial score (nSPS) is 20.3. The summed E-state index contributed by atoms with van der Waals surface area (Å²) in [5.74, 6) is 0. The fraction of sp³-hybridized carbons (Fsp3) is 0.720. The Balaban J connectivity index is 1.88. The second-order valence-corrected chi connectivity index (χ2v) is 11.4. The van der Waals surface area contributed by atoms with E-state index in [9.17, 15) is 20.0 Å². The molecule has 178 valence electrons. The van der Waals surface area contributed by atoms with Gasteiger partial charge >= 0.3 is 6.09 Å². The van der Waals surface area contributed by atoms with Crippen LogP contribution in [0.4, 0.5) is 10.5 Å². The predicted molar refractivity (Wildman–Crippen MR) is 124 cm³/mol. The smallest absolute Gasteiger partial charge is 0.407 e. The van der Waals surface area contributed by atoms with Gasteiger partial charge in [-0.1, -0.05) is 13.8 Å². The Hall–Kier alpha value is -2.15. The zero-order chi connectivity index (χ0) is 23.7. The molecule has 2 N–H and O–H groups in total. The SMILES string of the molecule is CC1(C)CCC2(CCCc3cc(CC(CO)NC(=O)OC(C)(C)C)c([N+](=O)[O-])cc32)CC1. The third-order valence-electron chi connectivity index (χ3n) is 7.14. The van der Waals surface area contributed by atoms with Crippen molar-refractivity contribution >= 4 is 11.8 Å². The molecular weight excluding hydrogens is 408 g/mol. The van der Waals surface area contributed by atoms with Gasteiger partial charge in [0, 0.05) is 18.1 Å². The minimum absolute atomic E-state index is 0.0392. The molecule has 1 fully saturated rings. The highest BCUT2D eigenvalue weighted by Crippen LogP contribution is 2.52. The zero-order valence-corrected chi connectivity index (χ0v) is 20.1. The van der Waals surface area contributed by atoms with E-state index in [0.717, 1.165) is 50.5 Å². The van der Waals surface area contributed by atoms with E-state index in [0.29, 0.717) is 11.0 Å². The van der Waals surface area contributed by atoms with Gasteiger partial charge in [0.05, 0.1) is 17.6 Å².